The van der Waals surface area contributed by atoms with Crippen molar-refractivity contribution in [3.05, 3.63) is 81.9 Å². The molecule has 336 valence electrons. The number of hydrogen-bond donors (Lipinski definition) is 0. The predicted molar refractivity (Wildman–Crippen MR) is 242 cm³/mol. The molecule has 0 unspecified atom stereocenters. The summed E-state index contributed by atoms with van der Waals surface area (Å²) in [5.41, 5.74) is 4.53. The first-order valence-corrected chi connectivity index (χ1v) is 25.2. The minimum absolute atomic E-state index is 0.0134. The van der Waals surface area contributed by atoms with Gasteiger partial charge in [0.15, 0.2) is 10.3 Å². The van der Waals surface area contributed by atoms with Crippen LogP contribution in [0.5, 0.6) is 0 Å². The topological polar surface area (TPSA) is 86.4 Å². The van der Waals surface area contributed by atoms with Gasteiger partial charge in [-0.3, -0.25) is 0 Å². The Balaban J connectivity index is 0.000000158. The number of aryl methyl sites for hydroxylation is 2. The molecule has 6 heterocycles. The van der Waals surface area contributed by atoms with Gasteiger partial charge in [-0.1, -0.05) is 47.8 Å². The number of nitrogens with zero attached hydrogens (tertiary/aromatic N) is 8. The molecule has 2 spiro atoms. The van der Waals surface area contributed by atoms with Crippen LogP contribution in [0.15, 0.2) is 46.7 Å². The maximum Gasteiger partial charge on any atom is 0.190 e. The highest BCUT2D eigenvalue weighted by Crippen LogP contribution is 2.65. The molecule has 4 aliphatic heterocycles. The summed E-state index contributed by atoms with van der Waals surface area (Å²) in [6.07, 6.45) is 11.2. The summed E-state index contributed by atoms with van der Waals surface area (Å²) in [5, 5.41) is 19.9. The van der Waals surface area contributed by atoms with Gasteiger partial charge in [0, 0.05) is 77.0 Å². The molecule has 14 heteroatoms. The van der Waals surface area contributed by atoms with Gasteiger partial charge < -0.3 is 28.4 Å². The molecule has 4 saturated heterocycles. The monoisotopic (exact) mass is 888 g/mol. The minimum Gasteiger partial charge on any atom is -0.381 e. The van der Waals surface area contributed by atoms with Gasteiger partial charge >= 0.3 is 0 Å². The highest BCUT2D eigenvalue weighted by Gasteiger charge is 2.59. The maximum absolute atomic E-state index is 14.4. The highest BCUT2D eigenvalue weighted by molar-refractivity contribution is 7.99. The Hall–Kier alpha value is -2.88. The van der Waals surface area contributed by atoms with Gasteiger partial charge in [-0.25, -0.2) is 8.78 Å². The zero-order chi connectivity index (χ0) is 42.8. The first-order valence-electron chi connectivity index (χ1n) is 23.3. The second-order valence-electron chi connectivity index (χ2n) is 19.3. The normalized spacial score (nSPS) is 26.7. The van der Waals surface area contributed by atoms with Crippen LogP contribution in [0.1, 0.15) is 122 Å². The van der Waals surface area contributed by atoms with E-state index in [9.17, 15) is 8.78 Å². The van der Waals surface area contributed by atoms with Crippen LogP contribution in [0.2, 0.25) is 0 Å². The molecule has 10 nitrogen and oxygen atoms in total. The molecule has 0 amide bonds. The van der Waals surface area contributed by atoms with E-state index in [0.29, 0.717) is 34.5 Å². The Morgan fingerprint density at radius 2 is 1.05 bits per heavy atom. The lowest BCUT2D eigenvalue weighted by Gasteiger charge is -2.21. The average Bonchev–Trinajstić information content (AvgIpc) is 3.77. The van der Waals surface area contributed by atoms with Gasteiger partial charge in [0.25, 0.3) is 0 Å². The van der Waals surface area contributed by atoms with E-state index in [1.54, 1.807) is 12.1 Å². The fraction of sp³-hybridized carbons (Fsp3) is 0.667. The van der Waals surface area contributed by atoms with Gasteiger partial charge in [0.05, 0.1) is 0 Å². The Labute approximate surface area is 375 Å². The number of halogens is 2. The first-order chi connectivity index (χ1) is 30.1. The number of rotatable bonds is 14. The molecule has 2 aromatic carbocycles. The molecule has 6 aliphatic rings. The van der Waals surface area contributed by atoms with Crippen molar-refractivity contribution in [2.75, 3.05) is 77.2 Å². The summed E-state index contributed by atoms with van der Waals surface area (Å²) in [5.74, 6) is 6.08. The van der Waals surface area contributed by atoms with Crippen molar-refractivity contribution in [3.8, 4) is 0 Å². The van der Waals surface area contributed by atoms with E-state index in [4.69, 9.17) is 9.47 Å². The SMILES string of the molecule is Cc1ccc([C@@H]2C[C@@]23CCN(CCCSc2nnc(C4CCOCC4)n2C)C3)c(F)c1.Cc1ccc([C@H]2C[C@]23CCN(CCCSc2nnc(C4CCOCC4)n2C)C3)c(F)c1. The van der Waals surface area contributed by atoms with Crippen LogP contribution < -0.4 is 0 Å². The molecule has 0 bridgehead atoms. The predicted octanol–water partition coefficient (Wildman–Crippen LogP) is 9.04. The average molecular weight is 889 g/mol. The van der Waals surface area contributed by atoms with Gasteiger partial charge in [0.2, 0.25) is 0 Å². The number of hydrogen-bond acceptors (Lipinski definition) is 10. The lowest BCUT2D eigenvalue weighted by molar-refractivity contribution is 0.0828. The van der Waals surface area contributed by atoms with Crippen LogP contribution in [-0.4, -0.2) is 117 Å². The van der Waals surface area contributed by atoms with Crippen LogP contribution >= 0.6 is 23.5 Å². The number of ether oxygens (including phenoxy) is 2. The summed E-state index contributed by atoms with van der Waals surface area (Å²) in [6, 6.07) is 11.5. The molecular weight excluding hydrogens is 823 g/mol. The van der Waals surface area contributed by atoms with E-state index in [2.05, 4.69) is 53.4 Å². The van der Waals surface area contributed by atoms with Crippen LogP contribution in [0.3, 0.4) is 0 Å². The van der Waals surface area contributed by atoms with Crippen molar-refractivity contribution in [2.24, 2.45) is 24.9 Å². The van der Waals surface area contributed by atoms with E-state index in [1.807, 2.05) is 61.6 Å². The summed E-state index contributed by atoms with van der Waals surface area (Å²) in [4.78, 5) is 5.16. The summed E-state index contributed by atoms with van der Waals surface area (Å²) < 4.78 is 44.1. The molecule has 0 N–H and O–H groups in total. The maximum atomic E-state index is 14.4. The summed E-state index contributed by atoms with van der Waals surface area (Å²) in [6.45, 7) is 14.0. The zero-order valence-electron chi connectivity index (χ0n) is 37.3. The molecule has 62 heavy (non-hydrogen) atoms. The third-order valence-electron chi connectivity index (χ3n) is 15.0. The molecule has 2 aromatic heterocycles. The summed E-state index contributed by atoms with van der Waals surface area (Å²) >= 11 is 3.63. The van der Waals surface area contributed by atoms with Gasteiger partial charge in [-0.15, -0.1) is 20.4 Å². The zero-order valence-corrected chi connectivity index (χ0v) is 38.9. The molecule has 0 radical (unpaired) electrons. The fourth-order valence-corrected chi connectivity index (χ4v) is 12.8. The first kappa shape index (κ1) is 44.3. The van der Waals surface area contributed by atoms with E-state index in [0.717, 1.165) is 173 Å². The third-order valence-corrected chi connectivity index (χ3v) is 17.2. The molecule has 2 aliphatic carbocycles. The molecular formula is C48H66F2N8O2S2. The van der Waals surface area contributed by atoms with E-state index in [-0.39, 0.29) is 11.6 Å². The smallest absolute Gasteiger partial charge is 0.190 e. The standard InChI is InChI=1S/2C24H33FN4OS/c2*1-17-4-5-19(21(25)14-17)20-15-24(20)8-10-29(16-24)9-3-13-31-23-27-26-22(28(23)2)18-6-11-30-12-7-18/h2*4-5,14,18,20H,3,6-13,15-16H2,1-2H3/t2*20-,24+/m10/s1. The highest BCUT2D eigenvalue weighted by atomic mass is 32.2. The number of thioether (sulfide) groups is 2. The van der Waals surface area contributed by atoms with Crippen molar-refractivity contribution < 1.29 is 18.3 Å². The third kappa shape index (κ3) is 9.85. The summed E-state index contributed by atoms with van der Waals surface area (Å²) in [7, 11) is 4.18. The van der Waals surface area contributed by atoms with E-state index in [1.165, 1.54) is 12.8 Å². The van der Waals surface area contributed by atoms with Crippen LogP contribution in [0.25, 0.3) is 0 Å². The fourth-order valence-electron chi connectivity index (χ4n) is 11.1. The lowest BCUT2D eigenvalue weighted by Crippen LogP contribution is -2.23. The Kier molecular flexibility index (Phi) is 13.8. The molecule has 2 saturated carbocycles. The molecule has 6 fully saturated rings. The van der Waals surface area contributed by atoms with E-state index >= 15 is 0 Å². The van der Waals surface area contributed by atoms with E-state index < -0.39 is 0 Å². The molecule has 4 atom stereocenters. The molecule has 10 rings (SSSR count). The quantitative estimate of drug-likeness (QED) is 0.0904. The Bertz CT molecular complexity index is 2010. The van der Waals surface area contributed by atoms with Crippen molar-refractivity contribution in [3.63, 3.8) is 0 Å². The van der Waals surface area contributed by atoms with Gasteiger partial charge in [-0.05, 0) is 161 Å². The van der Waals surface area contributed by atoms with Crippen LogP contribution in [-0.2, 0) is 23.6 Å². The number of aromatic nitrogens is 6. The Morgan fingerprint density at radius 3 is 1.45 bits per heavy atom. The van der Waals surface area contributed by atoms with Crippen molar-refractivity contribution in [2.45, 2.75) is 112 Å². The Morgan fingerprint density at radius 1 is 0.629 bits per heavy atom. The van der Waals surface area contributed by atoms with Gasteiger partial charge in [-0.2, -0.15) is 0 Å². The second-order valence-corrected chi connectivity index (χ2v) is 21.4. The number of benzene rings is 2. The minimum atomic E-state index is -0.0134. The van der Waals surface area contributed by atoms with Crippen LogP contribution in [0.4, 0.5) is 8.78 Å². The second kappa shape index (κ2) is 19.3. The lowest BCUT2D eigenvalue weighted by atomic mass is 9.97. The number of likely N-dealkylation sites (tertiary alicyclic amines) is 2. The largest absolute Gasteiger partial charge is 0.381 e. The molecule has 4 aromatic rings. The van der Waals surface area contributed by atoms with Crippen molar-refractivity contribution in [1.29, 1.82) is 0 Å². The van der Waals surface area contributed by atoms with Crippen molar-refractivity contribution in [1.82, 2.24) is 39.3 Å². The van der Waals surface area contributed by atoms with Crippen molar-refractivity contribution >= 4 is 23.5 Å². The van der Waals surface area contributed by atoms with Gasteiger partial charge in [0.1, 0.15) is 23.3 Å². The van der Waals surface area contributed by atoms with Crippen LogP contribution in [0, 0.1) is 36.3 Å².